The normalized spacial score (nSPS) is 14.7. The molecule has 0 atom stereocenters. The van der Waals surface area contributed by atoms with Crippen molar-refractivity contribution in [3.63, 3.8) is 0 Å². The molecule has 0 bridgehead atoms. The van der Waals surface area contributed by atoms with Crippen LogP contribution >= 0.6 is 15.9 Å². The Balaban J connectivity index is 2.39. The lowest BCUT2D eigenvalue weighted by Crippen LogP contribution is -2.08. The Hall–Kier alpha value is -1.28. The van der Waals surface area contributed by atoms with Crippen molar-refractivity contribution < 1.29 is 4.74 Å². The largest absolute Gasteiger partial charge is 0.488 e. The van der Waals surface area contributed by atoms with Crippen molar-refractivity contribution >= 4 is 32.3 Å². The van der Waals surface area contributed by atoms with Gasteiger partial charge in [0.25, 0.3) is 0 Å². The molecule has 1 heterocycles. The van der Waals surface area contributed by atoms with Gasteiger partial charge in [-0.25, -0.2) is 0 Å². The Labute approximate surface area is 109 Å². The van der Waals surface area contributed by atoms with Gasteiger partial charge in [-0.05, 0) is 28.8 Å². The number of allylic oxidation sites excluding steroid dienone is 1. The van der Waals surface area contributed by atoms with Gasteiger partial charge in [0.15, 0.2) is 0 Å². The third-order valence-corrected chi connectivity index (χ3v) is 3.94. The van der Waals surface area contributed by atoms with E-state index in [1.165, 1.54) is 26.4 Å². The summed E-state index contributed by atoms with van der Waals surface area (Å²) in [6.07, 6.45) is 1.02. The third kappa shape index (κ3) is 1.67. The number of hydrogen-bond acceptors (Lipinski definition) is 1. The maximum Gasteiger partial charge on any atom is 0.128 e. The number of fused-ring (bicyclic) bond motifs is 3. The third-order valence-electron chi connectivity index (χ3n) is 3.23. The predicted octanol–water partition coefficient (Wildman–Crippen LogP) is 4.75. The molecule has 3 rings (SSSR count). The molecule has 2 aromatic carbocycles. The van der Waals surface area contributed by atoms with Crippen LogP contribution in [0.5, 0.6) is 5.75 Å². The van der Waals surface area contributed by atoms with Crippen molar-refractivity contribution in [1.82, 2.24) is 0 Å². The zero-order valence-corrected chi connectivity index (χ0v) is 11.3. The van der Waals surface area contributed by atoms with Crippen LogP contribution in [0.1, 0.15) is 18.9 Å². The molecule has 0 unspecified atom stereocenters. The Morgan fingerprint density at radius 2 is 2.00 bits per heavy atom. The lowest BCUT2D eigenvalue weighted by Gasteiger charge is -2.22. The molecule has 0 radical (unpaired) electrons. The predicted molar refractivity (Wildman–Crippen MR) is 75.6 cm³/mol. The number of halogens is 1. The molecule has 0 aromatic heterocycles. The summed E-state index contributed by atoms with van der Waals surface area (Å²) in [7, 11) is 0. The van der Waals surface area contributed by atoms with Crippen molar-refractivity contribution in [2.45, 2.75) is 13.3 Å². The Bertz CT molecular complexity index is 613. The van der Waals surface area contributed by atoms with Gasteiger partial charge in [-0.3, -0.25) is 0 Å². The number of benzene rings is 2. The van der Waals surface area contributed by atoms with Crippen LogP contribution < -0.4 is 4.74 Å². The second-order valence-electron chi connectivity index (χ2n) is 4.19. The molecule has 0 saturated carbocycles. The number of rotatable bonds is 1. The van der Waals surface area contributed by atoms with Crippen molar-refractivity contribution in [1.29, 1.82) is 0 Å². The summed E-state index contributed by atoms with van der Waals surface area (Å²) in [6.45, 7) is 2.84. The fourth-order valence-corrected chi connectivity index (χ4v) is 3.01. The van der Waals surface area contributed by atoms with Gasteiger partial charge in [-0.2, -0.15) is 0 Å². The smallest absolute Gasteiger partial charge is 0.128 e. The Morgan fingerprint density at radius 3 is 2.82 bits per heavy atom. The summed E-state index contributed by atoms with van der Waals surface area (Å²) >= 11 is 3.63. The van der Waals surface area contributed by atoms with E-state index in [-0.39, 0.29) is 0 Å². The van der Waals surface area contributed by atoms with E-state index in [1.54, 1.807) is 0 Å². The standard InChI is InChI=1S/C15H13BrO/c1-2-11-13(16)9-17-14-8-7-10-5-3-4-6-12(10)15(11)14/h3-8H,2,9H2,1H3. The van der Waals surface area contributed by atoms with Gasteiger partial charge in [0.05, 0.1) is 0 Å². The minimum atomic E-state index is 0.647. The number of ether oxygens (including phenoxy) is 1. The summed E-state index contributed by atoms with van der Waals surface area (Å²) < 4.78 is 6.94. The average molecular weight is 289 g/mol. The fraction of sp³-hybridized carbons (Fsp3) is 0.200. The van der Waals surface area contributed by atoms with Crippen LogP contribution in [-0.2, 0) is 0 Å². The van der Waals surface area contributed by atoms with E-state index in [0.717, 1.165) is 12.2 Å². The molecule has 86 valence electrons. The molecule has 2 aromatic rings. The van der Waals surface area contributed by atoms with Gasteiger partial charge in [-0.15, -0.1) is 0 Å². The molecule has 17 heavy (non-hydrogen) atoms. The van der Waals surface area contributed by atoms with Crippen molar-refractivity contribution in [3.8, 4) is 5.75 Å². The zero-order valence-electron chi connectivity index (χ0n) is 9.66. The van der Waals surface area contributed by atoms with Gasteiger partial charge < -0.3 is 4.74 Å². The van der Waals surface area contributed by atoms with Crippen LogP contribution in [-0.4, -0.2) is 6.61 Å². The van der Waals surface area contributed by atoms with Crippen LogP contribution in [0.25, 0.3) is 16.3 Å². The molecule has 0 fully saturated rings. The zero-order chi connectivity index (χ0) is 11.8. The van der Waals surface area contributed by atoms with Gasteiger partial charge in [0.1, 0.15) is 12.4 Å². The molecule has 0 spiro atoms. The number of hydrogen-bond donors (Lipinski definition) is 0. The minimum Gasteiger partial charge on any atom is -0.488 e. The van der Waals surface area contributed by atoms with Crippen LogP contribution in [0.3, 0.4) is 0 Å². The van der Waals surface area contributed by atoms with Gasteiger partial charge >= 0.3 is 0 Å². The highest BCUT2D eigenvalue weighted by Gasteiger charge is 2.19. The van der Waals surface area contributed by atoms with Crippen LogP contribution in [0, 0.1) is 0 Å². The lowest BCUT2D eigenvalue weighted by molar-refractivity contribution is 0.355. The van der Waals surface area contributed by atoms with E-state index in [9.17, 15) is 0 Å². The topological polar surface area (TPSA) is 9.23 Å². The second kappa shape index (κ2) is 4.19. The van der Waals surface area contributed by atoms with Crippen molar-refractivity contribution in [3.05, 3.63) is 46.4 Å². The molecule has 1 aliphatic rings. The molecule has 0 aliphatic carbocycles. The average Bonchev–Trinajstić information content (AvgIpc) is 2.38. The Morgan fingerprint density at radius 1 is 1.18 bits per heavy atom. The van der Waals surface area contributed by atoms with E-state index in [4.69, 9.17) is 4.74 Å². The highest BCUT2D eigenvalue weighted by molar-refractivity contribution is 9.11. The molecule has 0 N–H and O–H groups in total. The molecule has 2 heteroatoms. The van der Waals surface area contributed by atoms with E-state index < -0.39 is 0 Å². The molecule has 0 amide bonds. The highest BCUT2D eigenvalue weighted by Crippen LogP contribution is 2.41. The minimum absolute atomic E-state index is 0.647. The molecular formula is C15H13BrO. The summed E-state index contributed by atoms with van der Waals surface area (Å²) in [6, 6.07) is 12.7. The van der Waals surface area contributed by atoms with Crippen LogP contribution in [0.15, 0.2) is 40.9 Å². The summed E-state index contributed by atoms with van der Waals surface area (Å²) in [5.41, 5.74) is 2.62. The van der Waals surface area contributed by atoms with Crippen LogP contribution in [0.2, 0.25) is 0 Å². The Kier molecular flexibility index (Phi) is 2.67. The van der Waals surface area contributed by atoms with Gasteiger partial charge in [-0.1, -0.05) is 53.2 Å². The van der Waals surface area contributed by atoms with Crippen LogP contribution in [0.4, 0.5) is 0 Å². The first-order chi connectivity index (χ1) is 8.31. The van der Waals surface area contributed by atoms with Gasteiger partial charge in [0.2, 0.25) is 0 Å². The molecule has 1 nitrogen and oxygen atoms in total. The summed E-state index contributed by atoms with van der Waals surface area (Å²) in [4.78, 5) is 0. The first-order valence-corrected chi connectivity index (χ1v) is 6.63. The first-order valence-electron chi connectivity index (χ1n) is 5.83. The first kappa shape index (κ1) is 10.8. The molecular weight excluding hydrogens is 276 g/mol. The lowest BCUT2D eigenvalue weighted by atomic mass is 9.94. The maximum absolute atomic E-state index is 5.77. The molecule has 1 aliphatic heterocycles. The molecule has 0 saturated heterocycles. The SMILES string of the molecule is CCC1=C(Br)COc2ccc3ccccc3c21. The van der Waals surface area contributed by atoms with Gasteiger partial charge in [0, 0.05) is 10.0 Å². The van der Waals surface area contributed by atoms with E-state index in [1.807, 2.05) is 0 Å². The van der Waals surface area contributed by atoms with E-state index in [0.29, 0.717) is 6.61 Å². The van der Waals surface area contributed by atoms with Crippen molar-refractivity contribution in [2.24, 2.45) is 0 Å². The van der Waals surface area contributed by atoms with E-state index in [2.05, 4.69) is 59.3 Å². The second-order valence-corrected chi connectivity index (χ2v) is 5.14. The fourth-order valence-electron chi connectivity index (χ4n) is 2.42. The quantitative estimate of drug-likeness (QED) is 0.736. The maximum atomic E-state index is 5.77. The van der Waals surface area contributed by atoms with E-state index >= 15 is 0 Å². The highest BCUT2D eigenvalue weighted by atomic mass is 79.9. The summed E-state index contributed by atoms with van der Waals surface area (Å²) in [5.74, 6) is 1.00. The van der Waals surface area contributed by atoms with Crippen molar-refractivity contribution in [2.75, 3.05) is 6.61 Å². The monoisotopic (exact) mass is 288 g/mol. The summed E-state index contributed by atoms with van der Waals surface area (Å²) in [5, 5.41) is 2.54.